The van der Waals surface area contributed by atoms with Crippen LogP contribution in [0.3, 0.4) is 0 Å². The standard InChI is InChI=1S/C30H40N4O5/c1-21-12-9-11-17-33(21)28(35)20-34-24-14-8-7-13-23(24)32-27(34)15-6-5-10-16-31-30(36)22-18-25(37-2)29(39-4)26(19-22)38-3/h7-8,13-14,18-19,21H,5-6,9-12,15-17,20H2,1-4H3,(H,31,36). The second-order valence-corrected chi connectivity index (χ2v) is 10.0. The van der Waals surface area contributed by atoms with Crippen LogP contribution in [0.5, 0.6) is 17.2 Å². The second kappa shape index (κ2) is 13.4. The van der Waals surface area contributed by atoms with E-state index in [0.717, 1.165) is 61.9 Å². The summed E-state index contributed by atoms with van der Waals surface area (Å²) in [5.74, 6) is 2.25. The number of amides is 2. The number of hydrogen-bond acceptors (Lipinski definition) is 6. The number of para-hydroxylation sites is 2. The highest BCUT2D eigenvalue weighted by Gasteiger charge is 2.24. The number of carbonyl (C=O) groups is 2. The summed E-state index contributed by atoms with van der Waals surface area (Å²) in [5.41, 5.74) is 2.37. The van der Waals surface area contributed by atoms with Crippen LogP contribution in [-0.4, -0.2) is 66.7 Å². The molecule has 9 heteroatoms. The van der Waals surface area contributed by atoms with Gasteiger partial charge in [-0.05, 0) is 63.3 Å². The summed E-state index contributed by atoms with van der Waals surface area (Å²) < 4.78 is 18.1. The smallest absolute Gasteiger partial charge is 0.251 e. The summed E-state index contributed by atoms with van der Waals surface area (Å²) >= 11 is 0. The van der Waals surface area contributed by atoms with E-state index in [0.29, 0.717) is 41.9 Å². The van der Waals surface area contributed by atoms with Crippen molar-refractivity contribution in [2.45, 2.75) is 64.5 Å². The first-order valence-electron chi connectivity index (χ1n) is 13.8. The fourth-order valence-electron chi connectivity index (χ4n) is 5.29. The zero-order valence-corrected chi connectivity index (χ0v) is 23.5. The van der Waals surface area contributed by atoms with Crippen LogP contribution in [-0.2, 0) is 17.8 Å². The molecule has 3 aromatic rings. The van der Waals surface area contributed by atoms with E-state index >= 15 is 0 Å². The van der Waals surface area contributed by atoms with Gasteiger partial charge in [-0.1, -0.05) is 18.6 Å². The SMILES string of the molecule is COc1cc(C(=O)NCCCCCc2nc3ccccc3n2CC(=O)N2CCCCC2C)cc(OC)c1OC. The van der Waals surface area contributed by atoms with Crippen molar-refractivity contribution in [2.75, 3.05) is 34.4 Å². The Morgan fingerprint density at radius 3 is 2.44 bits per heavy atom. The van der Waals surface area contributed by atoms with Crippen molar-refractivity contribution < 1.29 is 23.8 Å². The second-order valence-electron chi connectivity index (χ2n) is 10.0. The lowest BCUT2D eigenvalue weighted by Gasteiger charge is -2.33. The van der Waals surface area contributed by atoms with Crippen LogP contribution in [0.2, 0.25) is 0 Å². The number of nitrogens with one attached hydrogen (secondary N) is 1. The summed E-state index contributed by atoms with van der Waals surface area (Å²) in [6.45, 7) is 3.86. The Morgan fingerprint density at radius 2 is 1.74 bits per heavy atom. The lowest BCUT2D eigenvalue weighted by atomic mass is 10.0. The van der Waals surface area contributed by atoms with Crippen LogP contribution < -0.4 is 19.5 Å². The van der Waals surface area contributed by atoms with Crippen LogP contribution in [0.25, 0.3) is 11.0 Å². The Balaban J connectivity index is 1.31. The minimum atomic E-state index is -0.193. The number of fused-ring (bicyclic) bond motifs is 1. The van der Waals surface area contributed by atoms with Crippen LogP contribution in [0.4, 0.5) is 0 Å². The summed E-state index contributed by atoms with van der Waals surface area (Å²) in [5, 5.41) is 2.98. The molecular weight excluding hydrogens is 496 g/mol. The maximum atomic E-state index is 13.2. The van der Waals surface area contributed by atoms with Gasteiger partial charge in [-0.3, -0.25) is 9.59 Å². The molecule has 0 spiro atoms. The number of methoxy groups -OCH3 is 3. The van der Waals surface area contributed by atoms with E-state index in [9.17, 15) is 9.59 Å². The molecule has 2 aromatic carbocycles. The average molecular weight is 537 g/mol. The number of carbonyl (C=O) groups excluding carboxylic acids is 2. The number of benzene rings is 2. The number of ether oxygens (including phenoxy) is 3. The molecule has 0 aliphatic carbocycles. The van der Waals surface area contributed by atoms with Gasteiger partial charge in [0.1, 0.15) is 12.4 Å². The quantitative estimate of drug-likeness (QED) is 0.340. The van der Waals surface area contributed by atoms with Gasteiger partial charge in [-0.2, -0.15) is 0 Å². The lowest BCUT2D eigenvalue weighted by Crippen LogP contribution is -2.43. The van der Waals surface area contributed by atoms with Crippen molar-refractivity contribution in [2.24, 2.45) is 0 Å². The van der Waals surface area contributed by atoms with Crippen LogP contribution >= 0.6 is 0 Å². The first kappa shape index (κ1) is 28.3. The highest BCUT2D eigenvalue weighted by atomic mass is 16.5. The van der Waals surface area contributed by atoms with E-state index in [2.05, 4.69) is 16.8 Å². The van der Waals surface area contributed by atoms with Gasteiger partial charge in [-0.25, -0.2) is 4.98 Å². The first-order chi connectivity index (χ1) is 19.0. The minimum Gasteiger partial charge on any atom is -0.493 e. The molecule has 210 valence electrons. The molecule has 1 fully saturated rings. The van der Waals surface area contributed by atoms with E-state index in [1.165, 1.54) is 27.8 Å². The predicted octanol–water partition coefficient (Wildman–Crippen LogP) is 4.61. The maximum absolute atomic E-state index is 13.2. The third-order valence-electron chi connectivity index (χ3n) is 7.44. The van der Waals surface area contributed by atoms with Gasteiger partial charge in [0.15, 0.2) is 11.5 Å². The molecule has 2 amide bonds. The largest absolute Gasteiger partial charge is 0.493 e. The Kier molecular flexibility index (Phi) is 9.68. The van der Waals surface area contributed by atoms with Gasteiger partial charge in [0.05, 0.1) is 32.4 Å². The molecule has 1 unspecified atom stereocenters. The number of aryl methyl sites for hydroxylation is 1. The number of nitrogens with zero attached hydrogens (tertiary/aromatic N) is 3. The van der Waals surface area contributed by atoms with E-state index in [1.54, 1.807) is 12.1 Å². The lowest BCUT2D eigenvalue weighted by molar-refractivity contribution is -0.135. The van der Waals surface area contributed by atoms with Crippen molar-refractivity contribution >= 4 is 22.8 Å². The Labute approximate surface area is 230 Å². The van der Waals surface area contributed by atoms with Crippen molar-refractivity contribution in [3.63, 3.8) is 0 Å². The van der Waals surface area contributed by atoms with Crippen LogP contribution in [0, 0.1) is 0 Å². The molecule has 4 rings (SSSR count). The molecular formula is C30H40N4O5. The van der Waals surface area contributed by atoms with Crippen LogP contribution in [0.1, 0.15) is 61.6 Å². The monoisotopic (exact) mass is 536 g/mol. The first-order valence-corrected chi connectivity index (χ1v) is 13.8. The summed E-state index contributed by atoms with van der Waals surface area (Å²) in [6.07, 6.45) is 6.78. The van der Waals surface area contributed by atoms with E-state index < -0.39 is 0 Å². The molecule has 9 nitrogen and oxygen atoms in total. The van der Waals surface area contributed by atoms with Crippen molar-refractivity contribution in [3.05, 3.63) is 47.8 Å². The predicted molar refractivity (Wildman–Crippen MR) is 151 cm³/mol. The summed E-state index contributed by atoms with van der Waals surface area (Å²) in [4.78, 5) is 32.8. The molecule has 1 N–H and O–H groups in total. The highest BCUT2D eigenvalue weighted by Crippen LogP contribution is 2.38. The topological polar surface area (TPSA) is 94.9 Å². The van der Waals surface area contributed by atoms with Crippen LogP contribution in [0.15, 0.2) is 36.4 Å². The molecule has 1 aromatic heterocycles. The number of hydrogen-bond donors (Lipinski definition) is 1. The molecule has 1 atom stereocenters. The molecule has 0 saturated carbocycles. The fourth-order valence-corrected chi connectivity index (χ4v) is 5.29. The molecule has 2 heterocycles. The molecule has 1 aliphatic heterocycles. The molecule has 1 saturated heterocycles. The van der Waals surface area contributed by atoms with Crippen molar-refractivity contribution in [1.82, 2.24) is 19.8 Å². The van der Waals surface area contributed by atoms with E-state index in [-0.39, 0.29) is 11.8 Å². The Hall–Kier alpha value is -3.75. The Morgan fingerprint density at radius 1 is 1.00 bits per heavy atom. The van der Waals surface area contributed by atoms with Gasteiger partial charge in [-0.15, -0.1) is 0 Å². The van der Waals surface area contributed by atoms with E-state index in [1.807, 2.05) is 29.2 Å². The zero-order chi connectivity index (χ0) is 27.8. The summed E-state index contributed by atoms with van der Waals surface area (Å²) in [6, 6.07) is 11.6. The number of aromatic nitrogens is 2. The van der Waals surface area contributed by atoms with Gasteiger partial charge in [0.25, 0.3) is 5.91 Å². The third-order valence-corrected chi connectivity index (χ3v) is 7.44. The van der Waals surface area contributed by atoms with Crippen molar-refractivity contribution in [3.8, 4) is 17.2 Å². The van der Waals surface area contributed by atoms with Gasteiger partial charge >= 0.3 is 0 Å². The number of piperidine rings is 1. The zero-order valence-electron chi connectivity index (χ0n) is 23.5. The number of unbranched alkanes of at least 4 members (excludes halogenated alkanes) is 2. The number of likely N-dealkylation sites (tertiary alicyclic amines) is 1. The minimum absolute atomic E-state index is 0.168. The number of imidazole rings is 1. The van der Waals surface area contributed by atoms with Gasteiger partial charge < -0.3 is 29.0 Å². The normalized spacial score (nSPS) is 15.3. The molecule has 0 bridgehead atoms. The van der Waals surface area contributed by atoms with Crippen molar-refractivity contribution in [1.29, 1.82) is 0 Å². The van der Waals surface area contributed by atoms with Gasteiger partial charge in [0.2, 0.25) is 11.7 Å². The highest BCUT2D eigenvalue weighted by molar-refractivity contribution is 5.95. The molecule has 1 aliphatic rings. The van der Waals surface area contributed by atoms with Gasteiger partial charge in [0, 0.05) is 31.1 Å². The maximum Gasteiger partial charge on any atom is 0.251 e. The van der Waals surface area contributed by atoms with E-state index in [4.69, 9.17) is 19.2 Å². The third kappa shape index (κ3) is 6.64. The average Bonchev–Trinajstić information content (AvgIpc) is 3.30. The summed E-state index contributed by atoms with van der Waals surface area (Å²) in [7, 11) is 4.58. The molecule has 39 heavy (non-hydrogen) atoms. The Bertz CT molecular complexity index is 1260. The fraction of sp³-hybridized carbons (Fsp3) is 0.500. The number of rotatable bonds is 12. The molecule has 0 radical (unpaired) electrons.